The molecule has 0 bridgehead atoms. The summed E-state index contributed by atoms with van der Waals surface area (Å²) in [6.45, 7) is 2.07. The van der Waals surface area contributed by atoms with Crippen LogP contribution in [0.3, 0.4) is 0 Å². The van der Waals surface area contributed by atoms with E-state index in [1.165, 1.54) is 10.9 Å². The molecule has 0 aliphatic heterocycles. The van der Waals surface area contributed by atoms with Crippen molar-refractivity contribution < 1.29 is 8.91 Å². The second-order valence-corrected chi connectivity index (χ2v) is 6.07. The van der Waals surface area contributed by atoms with Crippen LogP contribution in [-0.2, 0) is 6.42 Å². The van der Waals surface area contributed by atoms with Crippen LogP contribution in [0.15, 0.2) is 34.9 Å². The van der Waals surface area contributed by atoms with Crippen LogP contribution in [-0.4, -0.2) is 5.16 Å². The summed E-state index contributed by atoms with van der Waals surface area (Å²) >= 11 is 7.43. The van der Waals surface area contributed by atoms with Crippen molar-refractivity contribution in [2.75, 3.05) is 5.73 Å². The molecule has 0 aliphatic rings. The summed E-state index contributed by atoms with van der Waals surface area (Å²) in [6, 6.07) is 8.73. The molecule has 0 fully saturated rings. The van der Waals surface area contributed by atoms with Crippen molar-refractivity contribution in [1.82, 2.24) is 5.16 Å². The Bertz CT molecular complexity index is 797. The number of rotatable bonds is 3. The van der Waals surface area contributed by atoms with E-state index in [9.17, 15) is 4.39 Å². The fourth-order valence-corrected chi connectivity index (χ4v) is 3.23. The van der Waals surface area contributed by atoms with Gasteiger partial charge in [0.05, 0.1) is 15.5 Å². The second kappa shape index (κ2) is 5.50. The minimum Gasteiger partial charge on any atom is -0.367 e. The summed E-state index contributed by atoms with van der Waals surface area (Å²) in [7, 11) is 0. The first-order chi connectivity index (χ1) is 10.1. The van der Waals surface area contributed by atoms with Crippen molar-refractivity contribution in [2.24, 2.45) is 0 Å². The largest absolute Gasteiger partial charge is 0.367 e. The first-order valence-corrected chi connectivity index (χ1v) is 7.60. The molecule has 0 atom stereocenters. The van der Waals surface area contributed by atoms with Crippen molar-refractivity contribution in [3.8, 4) is 21.7 Å². The Kier molecular flexibility index (Phi) is 3.69. The maximum atomic E-state index is 14.3. The smallest absolute Gasteiger partial charge is 0.230 e. The molecule has 1 aromatic carbocycles. The van der Waals surface area contributed by atoms with E-state index < -0.39 is 5.82 Å². The number of aryl methyl sites for hydroxylation is 1. The minimum absolute atomic E-state index is 0.0412. The normalized spacial score (nSPS) is 11.0. The molecule has 0 aliphatic carbocycles. The third-order valence-electron chi connectivity index (χ3n) is 3.18. The number of hydrogen-bond donors (Lipinski definition) is 1. The van der Waals surface area contributed by atoms with E-state index in [0.717, 1.165) is 11.3 Å². The number of thiophene rings is 1. The quantitative estimate of drug-likeness (QED) is 0.737. The SMILES string of the molecule is CCc1ccc(-c2noc(N)c2-c2cccc(Cl)c2F)s1. The molecule has 21 heavy (non-hydrogen) atoms. The summed E-state index contributed by atoms with van der Waals surface area (Å²) < 4.78 is 19.3. The highest BCUT2D eigenvalue weighted by Gasteiger charge is 2.22. The molecule has 0 saturated carbocycles. The van der Waals surface area contributed by atoms with Gasteiger partial charge in [-0.25, -0.2) is 4.39 Å². The molecular formula is C15H12ClFN2OS. The lowest BCUT2D eigenvalue weighted by atomic mass is 10.0. The predicted octanol–water partition coefficient (Wildman–Crippen LogP) is 5.01. The van der Waals surface area contributed by atoms with E-state index in [4.69, 9.17) is 21.9 Å². The molecular weight excluding hydrogens is 311 g/mol. The van der Waals surface area contributed by atoms with E-state index in [1.807, 2.05) is 12.1 Å². The number of hydrogen-bond acceptors (Lipinski definition) is 4. The molecule has 0 radical (unpaired) electrons. The Balaban J connectivity index is 2.19. The average Bonchev–Trinajstić information content (AvgIpc) is 3.08. The first-order valence-electron chi connectivity index (χ1n) is 6.40. The van der Waals surface area contributed by atoms with Crippen molar-refractivity contribution in [1.29, 1.82) is 0 Å². The molecule has 6 heteroatoms. The molecule has 0 spiro atoms. The Morgan fingerprint density at radius 1 is 1.33 bits per heavy atom. The molecule has 0 unspecified atom stereocenters. The van der Waals surface area contributed by atoms with E-state index in [-0.39, 0.29) is 10.9 Å². The molecule has 3 nitrogen and oxygen atoms in total. The van der Waals surface area contributed by atoms with Crippen LogP contribution in [0.4, 0.5) is 10.3 Å². The number of nitrogens with zero attached hydrogens (tertiary/aromatic N) is 1. The lowest BCUT2D eigenvalue weighted by Crippen LogP contribution is -1.90. The standard InChI is InChI=1S/C15H12ClFN2OS/c1-2-8-6-7-11(21-8)14-12(15(18)20-19-14)9-4-3-5-10(16)13(9)17/h3-7H,2,18H2,1H3. The van der Waals surface area contributed by atoms with Gasteiger partial charge in [0.2, 0.25) is 5.88 Å². The van der Waals surface area contributed by atoms with Gasteiger partial charge in [-0.05, 0) is 24.6 Å². The fraction of sp³-hybridized carbons (Fsp3) is 0.133. The van der Waals surface area contributed by atoms with Gasteiger partial charge in [0.1, 0.15) is 11.5 Å². The number of aromatic nitrogens is 1. The molecule has 3 aromatic rings. The van der Waals surface area contributed by atoms with Crippen LogP contribution in [0.2, 0.25) is 5.02 Å². The first kappa shape index (κ1) is 14.1. The van der Waals surface area contributed by atoms with Gasteiger partial charge in [-0.2, -0.15) is 0 Å². The number of anilines is 1. The van der Waals surface area contributed by atoms with Crippen LogP contribution in [0, 0.1) is 5.82 Å². The minimum atomic E-state index is -0.525. The van der Waals surface area contributed by atoms with Gasteiger partial charge in [0.25, 0.3) is 0 Å². The summed E-state index contributed by atoms with van der Waals surface area (Å²) in [4.78, 5) is 2.10. The van der Waals surface area contributed by atoms with Gasteiger partial charge in [0, 0.05) is 10.4 Å². The molecule has 0 saturated heterocycles. The maximum Gasteiger partial charge on any atom is 0.230 e. The molecule has 3 rings (SSSR count). The highest BCUT2D eigenvalue weighted by atomic mass is 35.5. The molecule has 0 amide bonds. The van der Waals surface area contributed by atoms with Gasteiger partial charge < -0.3 is 10.3 Å². The van der Waals surface area contributed by atoms with Gasteiger partial charge in [-0.3, -0.25) is 0 Å². The van der Waals surface area contributed by atoms with Crippen LogP contribution >= 0.6 is 22.9 Å². The molecule has 108 valence electrons. The topological polar surface area (TPSA) is 52.0 Å². The summed E-state index contributed by atoms with van der Waals surface area (Å²) in [6.07, 6.45) is 0.929. The Morgan fingerprint density at radius 2 is 2.14 bits per heavy atom. The number of nitrogen functional groups attached to an aromatic ring is 1. The van der Waals surface area contributed by atoms with E-state index in [0.29, 0.717) is 16.8 Å². The van der Waals surface area contributed by atoms with E-state index in [2.05, 4.69) is 12.1 Å². The van der Waals surface area contributed by atoms with Crippen molar-refractivity contribution in [2.45, 2.75) is 13.3 Å². The zero-order valence-corrected chi connectivity index (χ0v) is 12.8. The third-order valence-corrected chi connectivity index (χ3v) is 4.71. The van der Waals surface area contributed by atoms with Crippen molar-refractivity contribution >= 4 is 28.8 Å². The zero-order valence-electron chi connectivity index (χ0n) is 11.2. The Hall–Kier alpha value is -1.85. The van der Waals surface area contributed by atoms with Crippen molar-refractivity contribution in [3.05, 3.63) is 46.0 Å². The van der Waals surface area contributed by atoms with Gasteiger partial charge in [-0.15, -0.1) is 11.3 Å². The van der Waals surface area contributed by atoms with E-state index in [1.54, 1.807) is 23.5 Å². The maximum absolute atomic E-state index is 14.3. The summed E-state index contributed by atoms with van der Waals surface area (Å²) in [5.41, 5.74) is 7.11. The Morgan fingerprint density at radius 3 is 2.86 bits per heavy atom. The van der Waals surface area contributed by atoms with Crippen LogP contribution in [0.25, 0.3) is 21.7 Å². The highest BCUT2D eigenvalue weighted by Crippen LogP contribution is 2.41. The highest BCUT2D eigenvalue weighted by molar-refractivity contribution is 7.15. The molecule has 2 N–H and O–H groups in total. The predicted molar refractivity (Wildman–Crippen MR) is 84.0 cm³/mol. The Labute approximate surface area is 130 Å². The number of benzene rings is 1. The monoisotopic (exact) mass is 322 g/mol. The van der Waals surface area contributed by atoms with Gasteiger partial charge in [0.15, 0.2) is 0 Å². The second-order valence-electron chi connectivity index (χ2n) is 4.49. The summed E-state index contributed by atoms with van der Waals surface area (Å²) in [5, 5.41) is 4.02. The lowest BCUT2D eigenvalue weighted by Gasteiger charge is -2.04. The van der Waals surface area contributed by atoms with Crippen LogP contribution in [0.5, 0.6) is 0 Å². The lowest BCUT2D eigenvalue weighted by molar-refractivity contribution is 0.439. The van der Waals surface area contributed by atoms with Crippen molar-refractivity contribution in [3.63, 3.8) is 0 Å². The number of nitrogens with two attached hydrogens (primary N) is 1. The van der Waals surface area contributed by atoms with Crippen LogP contribution < -0.4 is 5.73 Å². The third kappa shape index (κ3) is 2.43. The summed E-state index contributed by atoms with van der Waals surface area (Å²) in [5.74, 6) is -0.444. The average molecular weight is 323 g/mol. The van der Waals surface area contributed by atoms with Crippen LogP contribution in [0.1, 0.15) is 11.8 Å². The fourth-order valence-electron chi connectivity index (χ4n) is 2.12. The molecule has 2 aromatic heterocycles. The van der Waals surface area contributed by atoms with Gasteiger partial charge in [-0.1, -0.05) is 35.8 Å². The van der Waals surface area contributed by atoms with Gasteiger partial charge >= 0.3 is 0 Å². The zero-order chi connectivity index (χ0) is 15.0. The van der Waals surface area contributed by atoms with E-state index >= 15 is 0 Å². The number of halogens is 2. The molecule has 2 heterocycles.